The molecule has 0 saturated carbocycles. The van der Waals surface area contributed by atoms with Gasteiger partial charge in [-0.3, -0.25) is 0 Å². The fraction of sp³-hybridized carbons (Fsp3) is 0. The molecule has 74 valence electrons. The maximum Gasteiger partial charge on any atom is 1.00 e. The Labute approximate surface area is 158 Å². The van der Waals surface area contributed by atoms with Crippen molar-refractivity contribution < 1.29 is 138 Å². The van der Waals surface area contributed by atoms with Gasteiger partial charge in [0.25, 0.3) is 0 Å². The van der Waals surface area contributed by atoms with Gasteiger partial charge in [0.15, 0.2) is 0 Å². The minimum absolute atomic E-state index is 0. The van der Waals surface area contributed by atoms with E-state index in [9.17, 15) is 15.8 Å². The van der Waals surface area contributed by atoms with E-state index in [-0.39, 0.29) is 94.1 Å². The summed E-state index contributed by atoms with van der Waals surface area (Å²) in [5, 5.41) is 29.1. The van der Waals surface area contributed by atoms with Crippen LogP contribution in [-0.2, 0) is 28.1 Å². The van der Waals surface area contributed by atoms with Crippen molar-refractivity contribution in [2.75, 3.05) is 0 Å². The van der Waals surface area contributed by atoms with E-state index in [4.69, 9.17) is 0 Å². The average molecular weight is 263 g/mol. The first-order valence-corrected chi connectivity index (χ1v) is 2.62. The van der Waals surface area contributed by atoms with E-state index in [0.717, 1.165) is 0 Å². The molecule has 1 aliphatic rings. The topological polar surface area (TPSA) is 156 Å². The van der Waals surface area contributed by atoms with Crippen LogP contribution in [0.4, 0.5) is 0 Å². The summed E-state index contributed by atoms with van der Waals surface area (Å²) >= 11 is 0. The van der Waals surface area contributed by atoms with Gasteiger partial charge in [0.05, 0.1) is 0 Å². The molecule has 16 heteroatoms. The third-order valence-electron chi connectivity index (χ3n) is 0.902. The van der Waals surface area contributed by atoms with E-state index in [1.165, 1.54) is 0 Å². The summed E-state index contributed by atoms with van der Waals surface area (Å²) in [5.41, 5.74) is 0. The van der Waals surface area contributed by atoms with Crippen molar-refractivity contribution in [1.29, 1.82) is 0 Å². The maximum absolute atomic E-state index is 9.69. The molecule has 0 bridgehead atoms. The fourth-order valence-corrected chi connectivity index (χ4v) is 0.504. The number of rotatable bonds is 3. The standard InChI is InChI=1S/B3H3O9.3Na.H2O/c4-10-1-7-2(11-5)9-3(8-1)12-6;;;;/h4-6H;;;;1H2/q;3*+1;/p-3. The van der Waals surface area contributed by atoms with Gasteiger partial charge in [-0.05, 0) is 0 Å². The SMILES string of the molecule is O.[Na+].[Na+].[Na+].[O-]OB1OB(O[O-])OB(O[O-])O1. The summed E-state index contributed by atoms with van der Waals surface area (Å²) in [4.78, 5) is 9.73. The van der Waals surface area contributed by atoms with Gasteiger partial charge < -0.3 is 49.4 Å². The quantitative estimate of drug-likeness (QED) is 0.274. The molecule has 2 N–H and O–H groups in total. The first-order valence-electron chi connectivity index (χ1n) is 2.62. The fourth-order valence-electron chi connectivity index (χ4n) is 0.504. The van der Waals surface area contributed by atoms with E-state index in [0.29, 0.717) is 0 Å². The van der Waals surface area contributed by atoms with Gasteiger partial charge >= 0.3 is 111 Å². The van der Waals surface area contributed by atoms with Crippen molar-refractivity contribution in [2.45, 2.75) is 0 Å². The van der Waals surface area contributed by atoms with Crippen LogP contribution in [0.15, 0.2) is 0 Å². The third-order valence-corrected chi connectivity index (χ3v) is 0.902. The zero-order valence-corrected chi connectivity index (χ0v) is 14.9. The summed E-state index contributed by atoms with van der Waals surface area (Å²) in [6.07, 6.45) is 0. The van der Waals surface area contributed by atoms with Crippen LogP contribution in [0.25, 0.3) is 0 Å². The van der Waals surface area contributed by atoms with Crippen LogP contribution < -0.4 is 104 Å². The van der Waals surface area contributed by atoms with Crippen molar-refractivity contribution in [1.82, 2.24) is 0 Å². The van der Waals surface area contributed by atoms with E-state index >= 15 is 0 Å². The van der Waals surface area contributed by atoms with Crippen molar-refractivity contribution >= 4 is 22.0 Å². The van der Waals surface area contributed by atoms with Crippen LogP contribution in [0, 0.1) is 0 Å². The van der Waals surface area contributed by atoms with Crippen LogP contribution in [0.3, 0.4) is 0 Å². The third kappa shape index (κ3) is 9.69. The van der Waals surface area contributed by atoms with Crippen LogP contribution in [0.2, 0.25) is 0 Å². The molecule has 0 atom stereocenters. The summed E-state index contributed by atoms with van der Waals surface area (Å²) in [5.74, 6) is 0. The van der Waals surface area contributed by atoms with Gasteiger partial charge in [-0.25, -0.2) is 0 Å². The Morgan fingerprint density at radius 3 is 0.938 bits per heavy atom. The van der Waals surface area contributed by atoms with Gasteiger partial charge in [-0.2, -0.15) is 0 Å². The molecule has 10 nitrogen and oxygen atoms in total. The summed E-state index contributed by atoms with van der Waals surface area (Å²) in [7, 11) is -5.34. The monoisotopic (exact) mass is 264 g/mol. The van der Waals surface area contributed by atoms with Gasteiger partial charge in [-0.15, -0.1) is 0 Å². The zero-order valence-electron chi connectivity index (χ0n) is 8.91. The van der Waals surface area contributed by atoms with Gasteiger partial charge in [0, 0.05) is 0 Å². The number of hydrogen-bond donors (Lipinski definition) is 0. The second-order valence-corrected chi connectivity index (χ2v) is 1.56. The Morgan fingerprint density at radius 2 is 0.812 bits per heavy atom. The minimum Gasteiger partial charge on any atom is -0.737 e. The molecular formula is H2B3Na3O10. The number of hydrogen-bond acceptors (Lipinski definition) is 9. The molecule has 0 spiro atoms. The van der Waals surface area contributed by atoms with Crippen LogP contribution >= 0.6 is 0 Å². The van der Waals surface area contributed by atoms with Crippen LogP contribution in [-0.4, -0.2) is 27.4 Å². The molecule has 0 unspecified atom stereocenters. The Balaban J connectivity index is -0.000000180. The smallest absolute Gasteiger partial charge is 0.737 e. The van der Waals surface area contributed by atoms with Gasteiger partial charge in [0.1, 0.15) is 0 Å². The molecule has 1 aliphatic heterocycles. The molecule has 0 aliphatic carbocycles. The van der Waals surface area contributed by atoms with Crippen LogP contribution in [0.1, 0.15) is 0 Å². The zero-order chi connectivity index (χ0) is 8.97. The summed E-state index contributed by atoms with van der Waals surface area (Å²) in [6, 6.07) is 0. The predicted molar refractivity (Wildman–Crippen MR) is 27.4 cm³/mol. The minimum atomic E-state index is -1.78. The molecule has 0 aromatic rings. The predicted octanol–water partition coefficient (Wildman–Crippen LogP) is -14.9. The molecule has 1 rings (SSSR count). The molecule has 1 fully saturated rings. The maximum atomic E-state index is 9.69. The average Bonchev–Trinajstić information content (AvgIpc) is 2.16. The summed E-state index contributed by atoms with van der Waals surface area (Å²) in [6.45, 7) is 0. The second-order valence-electron chi connectivity index (χ2n) is 1.56. The Morgan fingerprint density at radius 1 is 0.625 bits per heavy atom. The molecule has 16 heavy (non-hydrogen) atoms. The first kappa shape index (κ1) is 27.2. The largest absolute Gasteiger partial charge is 1.00 e. The Bertz CT molecular complexity index is 109. The molecule has 1 heterocycles. The normalized spacial score (nSPS) is 14.1. The van der Waals surface area contributed by atoms with E-state index < -0.39 is 22.0 Å². The summed E-state index contributed by atoms with van der Waals surface area (Å²) < 4.78 is 12.6. The Hall–Kier alpha value is 2.79. The van der Waals surface area contributed by atoms with E-state index in [2.05, 4.69) is 28.1 Å². The second kappa shape index (κ2) is 15.9. The molecular weight excluding hydrogens is 261 g/mol. The van der Waals surface area contributed by atoms with Crippen molar-refractivity contribution in [2.24, 2.45) is 0 Å². The molecule has 0 aromatic heterocycles. The van der Waals surface area contributed by atoms with E-state index in [1.54, 1.807) is 0 Å². The van der Waals surface area contributed by atoms with Gasteiger partial charge in [0.2, 0.25) is 0 Å². The molecule has 1 saturated heterocycles. The first-order chi connectivity index (χ1) is 5.80. The van der Waals surface area contributed by atoms with Crippen molar-refractivity contribution in [3.05, 3.63) is 0 Å². The molecule has 0 amide bonds. The van der Waals surface area contributed by atoms with Gasteiger partial charge in [-0.1, -0.05) is 0 Å². The molecule has 0 radical (unpaired) electrons. The molecule has 0 aromatic carbocycles. The Kier molecular flexibility index (Phi) is 26.9. The van der Waals surface area contributed by atoms with E-state index in [1.807, 2.05) is 0 Å². The van der Waals surface area contributed by atoms with Crippen molar-refractivity contribution in [3.8, 4) is 0 Å². The van der Waals surface area contributed by atoms with Crippen LogP contribution in [0.5, 0.6) is 0 Å². The van der Waals surface area contributed by atoms with Crippen molar-refractivity contribution in [3.63, 3.8) is 0 Å².